The summed E-state index contributed by atoms with van der Waals surface area (Å²) >= 11 is 2.40. The summed E-state index contributed by atoms with van der Waals surface area (Å²) in [6, 6.07) is 4.95. The highest BCUT2D eigenvalue weighted by atomic mass is 127. The van der Waals surface area contributed by atoms with Crippen LogP contribution in [0.5, 0.6) is 0 Å². The minimum atomic E-state index is -1.93. The van der Waals surface area contributed by atoms with Gasteiger partial charge in [0.05, 0.1) is 6.83 Å². The molecule has 3 N–H and O–H groups in total. The minimum Gasteiger partial charge on any atom is -0.399 e. The lowest BCUT2D eigenvalue weighted by molar-refractivity contribution is 0.564. The molecule has 6 heteroatoms. The Labute approximate surface area is 106 Å². The summed E-state index contributed by atoms with van der Waals surface area (Å²) in [6.45, 7) is 0. The third kappa shape index (κ3) is 3.03. The van der Waals surface area contributed by atoms with E-state index in [0.717, 1.165) is 5.56 Å². The second-order valence-corrected chi connectivity index (χ2v) is 8.16. The summed E-state index contributed by atoms with van der Waals surface area (Å²) in [7, 11) is 0. The molecule has 0 fully saturated rings. The van der Waals surface area contributed by atoms with Crippen LogP contribution in [0.15, 0.2) is 23.1 Å². The Morgan fingerprint density at radius 1 is 1.46 bits per heavy atom. The van der Waals surface area contributed by atoms with E-state index in [4.69, 9.17) is 10.3 Å². The second kappa shape index (κ2) is 4.89. The van der Waals surface area contributed by atoms with E-state index in [1.165, 1.54) is 0 Å². The summed E-state index contributed by atoms with van der Waals surface area (Å²) in [4.78, 5) is 0.433. The number of rotatable bonds is 2. The van der Waals surface area contributed by atoms with Crippen LogP contribution < -0.4 is 5.73 Å². The number of alkyl halides is 2. The Morgan fingerprint density at radius 3 is 2.54 bits per heavy atom. The molecule has 0 aromatic heterocycles. The van der Waals surface area contributed by atoms with Crippen LogP contribution in [-0.2, 0) is 11.1 Å². The van der Waals surface area contributed by atoms with E-state index in [1.807, 2.05) is 0 Å². The molecule has 1 aromatic rings. The Bertz CT molecular complexity index is 343. The zero-order valence-corrected chi connectivity index (χ0v) is 11.5. The zero-order chi connectivity index (χ0) is 10.0. The molecule has 0 amide bonds. The van der Waals surface area contributed by atoms with Gasteiger partial charge in [0, 0.05) is 5.69 Å². The van der Waals surface area contributed by atoms with Crippen molar-refractivity contribution in [1.29, 1.82) is 0 Å². The Balaban J connectivity index is 3.26. The summed E-state index contributed by atoms with van der Waals surface area (Å²) < 4.78 is 20.0. The quantitative estimate of drug-likeness (QED) is 0.333. The minimum absolute atomic E-state index is 0.143. The first-order valence-corrected chi connectivity index (χ1v) is 6.90. The van der Waals surface area contributed by atoms with Crippen LogP contribution >= 0.6 is 45.2 Å². The molecule has 1 aromatic carbocycles. The molecule has 0 aliphatic carbocycles. The predicted molar refractivity (Wildman–Crippen MR) is 70.7 cm³/mol. The fourth-order valence-electron chi connectivity index (χ4n) is 0.896. The maximum absolute atomic E-state index is 10.9. The number of benzene rings is 1. The van der Waals surface area contributed by atoms with Crippen LogP contribution in [0.2, 0.25) is 0 Å². The molecule has 72 valence electrons. The van der Waals surface area contributed by atoms with Crippen molar-refractivity contribution in [2.24, 2.45) is 0 Å². The predicted octanol–water partition coefficient (Wildman–Crippen LogP) is 2.72. The Morgan fingerprint density at radius 2 is 2.08 bits per heavy atom. The van der Waals surface area contributed by atoms with Gasteiger partial charge in [-0.25, -0.2) is 4.21 Å². The molecule has 0 aliphatic rings. The molecule has 1 unspecified atom stereocenters. The van der Waals surface area contributed by atoms with Crippen molar-refractivity contribution in [3.8, 4) is 0 Å². The molecule has 0 aliphatic heterocycles. The fraction of sp³-hybridized carbons (Fsp3) is 0.143. The van der Waals surface area contributed by atoms with Crippen LogP contribution in [-0.4, -0.2) is 8.76 Å². The molecule has 0 saturated heterocycles. The summed E-state index contributed by atoms with van der Waals surface area (Å²) in [6.07, 6.45) is 0. The van der Waals surface area contributed by atoms with Gasteiger partial charge in [0.2, 0.25) is 0 Å². The van der Waals surface area contributed by atoms with Crippen molar-refractivity contribution in [3.05, 3.63) is 23.8 Å². The van der Waals surface area contributed by atoms with Crippen molar-refractivity contribution in [2.75, 3.05) is 5.73 Å². The van der Waals surface area contributed by atoms with Crippen LogP contribution in [0.4, 0.5) is 5.69 Å². The molecule has 1 atom stereocenters. The monoisotopic (exact) mass is 423 g/mol. The summed E-state index contributed by atoms with van der Waals surface area (Å²) in [5.41, 5.74) is 7.00. The molecule has 0 saturated carbocycles. The van der Waals surface area contributed by atoms with Gasteiger partial charge in [-0.2, -0.15) is 0 Å². The van der Waals surface area contributed by atoms with Crippen molar-refractivity contribution in [1.82, 2.24) is 0 Å². The average Bonchev–Trinajstić information content (AvgIpc) is 2.03. The molecular weight excluding hydrogens is 416 g/mol. The standard InChI is InChI=1S/C7H7I2NO2S/c8-7(9)5-3-4(10)1-2-6(5)13(11)12/h1-3,7H,10H2,(H,11,12). The molecule has 0 bridgehead atoms. The molecule has 1 rings (SSSR count). The highest BCUT2D eigenvalue weighted by Gasteiger charge is 2.12. The number of halogens is 2. The van der Waals surface area contributed by atoms with Gasteiger partial charge in [-0.05, 0) is 23.8 Å². The largest absolute Gasteiger partial charge is 0.399 e. The Kier molecular flexibility index (Phi) is 4.39. The second-order valence-electron chi connectivity index (χ2n) is 2.35. The van der Waals surface area contributed by atoms with Crippen LogP contribution in [0.25, 0.3) is 0 Å². The van der Waals surface area contributed by atoms with Gasteiger partial charge in [-0.1, -0.05) is 45.2 Å². The first kappa shape index (κ1) is 11.7. The van der Waals surface area contributed by atoms with E-state index >= 15 is 0 Å². The first-order chi connectivity index (χ1) is 6.02. The van der Waals surface area contributed by atoms with Crippen molar-refractivity contribution in [3.63, 3.8) is 0 Å². The van der Waals surface area contributed by atoms with Crippen molar-refractivity contribution in [2.45, 2.75) is 6.83 Å². The lowest BCUT2D eigenvalue weighted by Gasteiger charge is -2.07. The normalized spacial score (nSPS) is 13.2. The lowest BCUT2D eigenvalue weighted by atomic mass is 10.2. The highest BCUT2D eigenvalue weighted by molar-refractivity contribution is 14.2. The molecule has 0 radical (unpaired) electrons. The number of anilines is 1. The van der Waals surface area contributed by atoms with E-state index in [9.17, 15) is 4.21 Å². The van der Waals surface area contributed by atoms with Gasteiger partial charge in [0.25, 0.3) is 0 Å². The number of nitrogen functional groups attached to an aromatic ring is 1. The Hall–Kier alpha value is 0.590. The number of hydrogen-bond donors (Lipinski definition) is 2. The van der Waals surface area contributed by atoms with Crippen molar-refractivity contribution < 1.29 is 8.76 Å². The fourth-order valence-corrected chi connectivity index (χ4v) is 2.91. The third-order valence-electron chi connectivity index (χ3n) is 1.46. The van der Waals surface area contributed by atoms with Crippen LogP contribution in [0.3, 0.4) is 0 Å². The smallest absolute Gasteiger partial charge is 0.186 e. The van der Waals surface area contributed by atoms with Crippen molar-refractivity contribution >= 4 is 61.9 Å². The highest BCUT2D eigenvalue weighted by Crippen LogP contribution is 2.35. The third-order valence-corrected chi connectivity index (χ3v) is 3.55. The van der Waals surface area contributed by atoms with Gasteiger partial charge in [-0.3, -0.25) is 0 Å². The van der Waals surface area contributed by atoms with Gasteiger partial charge >= 0.3 is 0 Å². The number of hydrogen-bond acceptors (Lipinski definition) is 2. The summed E-state index contributed by atoms with van der Waals surface area (Å²) in [5.74, 6) is 0. The van der Waals surface area contributed by atoms with E-state index in [0.29, 0.717) is 10.6 Å². The summed E-state index contributed by atoms with van der Waals surface area (Å²) in [5, 5.41) is 0. The van der Waals surface area contributed by atoms with E-state index in [2.05, 4.69) is 45.2 Å². The van der Waals surface area contributed by atoms with Gasteiger partial charge < -0.3 is 10.3 Å². The maximum Gasteiger partial charge on any atom is 0.186 e. The van der Waals surface area contributed by atoms with Gasteiger partial charge in [0.1, 0.15) is 0 Å². The molecule has 0 spiro atoms. The maximum atomic E-state index is 10.9. The average molecular weight is 423 g/mol. The van der Waals surface area contributed by atoms with E-state index in [-0.39, 0.29) is 1.93 Å². The van der Waals surface area contributed by atoms with E-state index < -0.39 is 11.1 Å². The number of nitrogens with two attached hydrogens (primary N) is 1. The molecule has 3 nitrogen and oxygen atoms in total. The molecular formula is C7H7I2NO2S. The van der Waals surface area contributed by atoms with E-state index in [1.54, 1.807) is 18.2 Å². The SMILES string of the molecule is Nc1ccc(S(=O)O)c(C(I)I)c1. The lowest BCUT2D eigenvalue weighted by Crippen LogP contribution is -1.97. The molecule has 13 heavy (non-hydrogen) atoms. The molecule has 0 heterocycles. The zero-order valence-electron chi connectivity index (χ0n) is 6.41. The van der Waals surface area contributed by atoms with Gasteiger partial charge in [-0.15, -0.1) is 0 Å². The first-order valence-electron chi connectivity index (χ1n) is 3.31. The van der Waals surface area contributed by atoms with Gasteiger partial charge in [0.15, 0.2) is 11.1 Å². The van der Waals surface area contributed by atoms with Crippen LogP contribution in [0, 0.1) is 0 Å². The topological polar surface area (TPSA) is 63.3 Å². The van der Waals surface area contributed by atoms with Crippen LogP contribution in [0.1, 0.15) is 7.49 Å².